The summed E-state index contributed by atoms with van der Waals surface area (Å²) in [5.74, 6) is -0.681. The predicted octanol–water partition coefficient (Wildman–Crippen LogP) is 6.29. The molecule has 6 atom stereocenters. The topological polar surface area (TPSA) is 143 Å². The molecule has 12 nitrogen and oxygen atoms in total. The average molecular weight is 803 g/mol. The molecule has 308 valence electrons. The maximum atomic E-state index is 15.3. The number of pyridine rings is 1. The summed E-state index contributed by atoms with van der Waals surface area (Å²) in [7, 11) is -2.70. The highest BCUT2D eigenvalue weighted by molar-refractivity contribution is 7.89. The maximum Gasteiger partial charge on any atom is 0.245 e. The molecule has 0 spiro atoms. The van der Waals surface area contributed by atoms with Gasteiger partial charge >= 0.3 is 0 Å². The third-order valence-corrected chi connectivity index (χ3v) is 14.0. The molecule has 0 amide bonds. The van der Waals surface area contributed by atoms with E-state index in [0.717, 1.165) is 67.6 Å². The van der Waals surface area contributed by atoms with Gasteiger partial charge in [-0.15, -0.1) is 6.58 Å². The summed E-state index contributed by atoms with van der Waals surface area (Å²) in [6, 6.07) is 14.0. The second-order valence-electron chi connectivity index (χ2n) is 15.6. The highest BCUT2D eigenvalue weighted by Crippen LogP contribution is 2.62. The summed E-state index contributed by atoms with van der Waals surface area (Å²) in [5, 5.41) is 25.1. The smallest absolute Gasteiger partial charge is 0.245 e. The molecule has 2 fully saturated rings. The Morgan fingerprint density at radius 1 is 1.09 bits per heavy atom. The second-order valence-corrected chi connectivity index (χ2v) is 17.5. The van der Waals surface area contributed by atoms with Crippen LogP contribution in [-0.4, -0.2) is 110 Å². The van der Waals surface area contributed by atoms with Crippen molar-refractivity contribution >= 4 is 26.6 Å². The fraction of sp³-hybridized carbons (Fsp3) is 0.545. The number of benzene rings is 2. The molecule has 2 N–H and O–H groups in total. The van der Waals surface area contributed by atoms with Crippen LogP contribution in [-0.2, 0) is 19.6 Å². The van der Waals surface area contributed by atoms with Gasteiger partial charge in [0, 0.05) is 68.9 Å². The van der Waals surface area contributed by atoms with Crippen LogP contribution in [0.15, 0.2) is 89.1 Å². The van der Waals surface area contributed by atoms with E-state index in [1.54, 1.807) is 34.8 Å². The minimum atomic E-state index is -4.22. The first-order chi connectivity index (χ1) is 27.8. The quantitative estimate of drug-likeness (QED) is 0.0546. The van der Waals surface area contributed by atoms with E-state index in [4.69, 9.17) is 19.0 Å². The molecule has 1 saturated heterocycles. The lowest BCUT2D eigenvalue weighted by molar-refractivity contribution is -0.251. The Kier molecular flexibility index (Phi) is 13.3. The van der Waals surface area contributed by atoms with E-state index < -0.39 is 27.8 Å². The number of unbranched alkanes of at least 4 members (excludes halogenated alkanes) is 2. The molecule has 2 aromatic carbocycles. The van der Waals surface area contributed by atoms with E-state index >= 15 is 8.42 Å². The number of hydrogen-bond acceptors (Lipinski definition) is 11. The van der Waals surface area contributed by atoms with Gasteiger partial charge in [-0.2, -0.15) is 4.31 Å². The minimum Gasteiger partial charge on any atom is -0.492 e. The van der Waals surface area contributed by atoms with Crippen molar-refractivity contribution in [3.05, 3.63) is 84.6 Å². The van der Waals surface area contributed by atoms with Crippen LogP contribution in [0.25, 0.3) is 10.9 Å². The summed E-state index contributed by atoms with van der Waals surface area (Å²) in [4.78, 5) is 12.6. The number of allylic oxidation sites excluding steroid dienone is 1. The number of fused-ring (bicyclic) bond motifs is 3. The Bertz CT molecular complexity index is 2030. The zero-order valence-electron chi connectivity index (χ0n) is 33.3. The standard InChI is InChI=1S/C44H58N4O8S/c1-4-20-48(57(51,52)39-16-10-13-31-14-11-19-45-43(31)39)40-30-37(46-53-3)35-28-32(12-6-8-24-49)34(15-7-9-25-50)41-36-29-33(54-27-23-47-21-22-47)17-18-38(36)56-44(40,42(35)41)55-26-5-2/h5,10-11,13-14,16-19,28-29,32,34,40-42,49-50H,2,4,6-9,12,15,20-27,30H2,1,3H3/t32-,34+,40-,41+,42+,44+/m0/s1. The highest BCUT2D eigenvalue weighted by Gasteiger charge is 2.66. The van der Waals surface area contributed by atoms with Gasteiger partial charge in [0.2, 0.25) is 15.8 Å². The number of aliphatic hydroxyl groups excluding tert-OH is 2. The monoisotopic (exact) mass is 802 g/mol. The molecular weight excluding hydrogens is 745 g/mol. The first kappa shape index (κ1) is 41.3. The molecule has 1 saturated carbocycles. The van der Waals surface area contributed by atoms with Crippen LogP contribution in [0.5, 0.6) is 11.5 Å². The second kappa shape index (κ2) is 18.4. The molecule has 4 aliphatic rings. The highest BCUT2D eigenvalue weighted by atomic mass is 32.2. The Labute approximate surface area is 337 Å². The van der Waals surface area contributed by atoms with Crippen molar-refractivity contribution in [2.45, 2.75) is 80.9 Å². The molecule has 1 aromatic heterocycles. The lowest BCUT2D eigenvalue weighted by Crippen LogP contribution is -2.70. The van der Waals surface area contributed by atoms with E-state index in [2.05, 4.69) is 33.8 Å². The summed E-state index contributed by atoms with van der Waals surface area (Å²) in [6.45, 7) is 10.1. The van der Waals surface area contributed by atoms with Gasteiger partial charge < -0.3 is 29.3 Å². The summed E-state index contributed by atoms with van der Waals surface area (Å²) >= 11 is 0. The lowest BCUT2D eigenvalue weighted by Gasteiger charge is -2.59. The van der Waals surface area contributed by atoms with Gasteiger partial charge in [-0.25, -0.2) is 8.42 Å². The number of ether oxygens (including phenoxy) is 3. The van der Waals surface area contributed by atoms with Crippen LogP contribution in [0.2, 0.25) is 0 Å². The van der Waals surface area contributed by atoms with Gasteiger partial charge in [-0.1, -0.05) is 55.3 Å². The van der Waals surface area contributed by atoms with Gasteiger partial charge in [-0.3, -0.25) is 9.88 Å². The van der Waals surface area contributed by atoms with Crippen LogP contribution in [0.1, 0.15) is 69.8 Å². The largest absolute Gasteiger partial charge is 0.492 e. The number of para-hydroxylation sites is 1. The van der Waals surface area contributed by atoms with Crippen molar-refractivity contribution in [2.24, 2.45) is 22.9 Å². The van der Waals surface area contributed by atoms with Crippen LogP contribution in [0.3, 0.4) is 0 Å². The van der Waals surface area contributed by atoms with Gasteiger partial charge in [0.25, 0.3) is 0 Å². The number of hydrogen-bond donors (Lipinski definition) is 2. The fourth-order valence-corrected chi connectivity index (χ4v) is 11.4. The number of oxime groups is 1. The van der Waals surface area contributed by atoms with Gasteiger partial charge in [0.15, 0.2) is 0 Å². The molecule has 2 aliphatic heterocycles. The van der Waals surface area contributed by atoms with Crippen molar-refractivity contribution in [3.63, 3.8) is 0 Å². The Balaban J connectivity index is 1.44. The van der Waals surface area contributed by atoms with Gasteiger partial charge in [0.05, 0.1) is 29.8 Å². The van der Waals surface area contributed by atoms with Crippen molar-refractivity contribution in [1.29, 1.82) is 0 Å². The maximum absolute atomic E-state index is 15.3. The molecule has 57 heavy (non-hydrogen) atoms. The minimum absolute atomic E-state index is 0.0622. The van der Waals surface area contributed by atoms with E-state index in [1.807, 2.05) is 31.2 Å². The molecule has 13 heteroatoms. The molecule has 2 aliphatic carbocycles. The van der Waals surface area contributed by atoms with Crippen LogP contribution >= 0.6 is 0 Å². The third-order valence-electron chi connectivity index (χ3n) is 12.0. The summed E-state index contributed by atoms with van der Waals surface area (Å²) in [5.41, 5.74) is 2.96. The first-order valence-electron chi connectivity index (χ1n) is 20.6. The van der Waals surface area contributed by atoms with Crippen LogP contribution in [0, 0.1) is 17.8 Å². The average Bonchev–Trinajstić information content (AvgIpc) is 4.05. The number of sulfonamides is 1. The zero-order valence-corrected chi connectivity index (χ0v) is 34.1. The van der Waals surface area contributed by atoms with Crippen LogP contribution in [0.4, 0.5) is 0 Å². The van der Waals surface area contributed by atoms with E-state index in [1.165, 1.54) is 7.11 Å². The lowest BCUT2D eigenvalue weighted by atomic mass is 9.55. The SMILES string of the molecule is C=CCO[C@@]12Oc3ccc(OCCN4CC4)cc3[C@H]3[C@H](CCCCO)[C@@H](CCCCO)C=C(C(=NOC)C[C@@H]1N(CCC)S(=O)(=O)c1cccc4cccnc14)[C@H]32. The molecular formula is C44H58N4O8S. The Morgan fingerprint density at radius 3 is 2.61 bits per heavy atom. The van der Waals surface area contributed by atoms with Crippen molar-refractivity contribution in [1.82, 2.24) is 14.2 Å². The fourth-order valence-electron chi connectivity index (χ4n) is 9.48. The number of aliphatic hydroxyl groups is 2. The Hall–Kier alpha value is -3.85. The van der Waals surface area contributed by atoms with Gasteiger partial charge in [-0.05, 0) is 79.8 Å². The van der Waals surface area contributed by atoms with Gasteiger partial charge in [0.1, 0.15) is 30.1 Å². The first-order valence-corrected chi connectivity index (χ1v) is 22.1. The predicted molar refractivity (Wildman–Crippen MR) is 220 cm³/mol. The summed E-state index contributed by atoms with van der Waals surface area (Å²) in [6.07, 6.45) is 10.9. The van der Waals surface area contributed by atoms with Crippen LogP contribution < -0.4 is 9.47 Å². The number of aromatic nitrogens is 1. The van der Waals surface area contributed by atoms with Crippen molar-refractivity contribution in [2.75, 3.05) is 59.7 Å². The van der Waals surface area contributed by atoms with Crippen molar-refractivity contribution < 1.29 is 37.7 Å². The molecule has 0 radical (unpaired) electrons. The van der Waals surface area contributed by atoms with E-state index in [0.29, 0.717) is 42.8 Å². The number of nitrogens with zero attached hydrogens (tertiary/aromatic N) is 4. The Morgan fingerprint density at radius 2 is 1.88 bits per heavy atom. The summed E-state index contributed by atoms with van der Waals surface area (Å²) < 4.78 is 52.9. The normalized spacial score (nSPS) is 26.1. The number of rotatable bonds is 21. The molecule has 0 unspecified atom stereocenters. The van der Waals surface area contributed by atoms with E-state index in [9.17, 15) is 10.2 Å². The van der Waals surface area contributed by atoms with Crippen molar-refractivity contribution in [3.8, 4) is 11.5 Å². The third kappa shape index (κ3) is 8.37. The molecule has 0 bridgehead atoms. The molecule has 3 aromatic rings. The molecule has 3 heterocycles. The van der Waals surface area contributed by atoms with E-state index in [-0.39, 0.29) is 55.4 Å². The zero-order chi connectivity index (χ0) is 40.0. The molecule has 7 rings (SSSR count).